The summed E-state index contributed by atoms with van der Waals surface area (Å²) >= 11 is 0. The minimum atomic E-state index is -1.12. The number of nitrogens with one attached hydrogen (secondary N) is 2. The van der Waals surface area contributed by atoms with Crippen LogP contribution < -0.4 is 39.1 Å². The van der Waals surface area contributed by atoms with E-state index in [1.165, 1.54) is 79.1 Å². The molecular formula is C34H36N6O12S2. The van der Waals surface area contributed by atoms with Gasteiger partial charge in [-0.1, -0.05) is 45.9 Å². The molecule has 18 nitrogen and oxygen atoms in total. The molecule has 0 saturated heterocycles. The van der Waals surface area contributed by atoms with Crippen LogP contribution in [0.15, 0.2) is 60.7 Å². The van der Waals surface area contributed by atoms with Crippen molar-refractivity contribution >= 4 is 45.3 Å². The van der Waals surface area contributed by atoms with Crippen molar-refractivity contribution in [2.24, 2.45) is 0 Å². The van der Waals surface area contributed by atoms with Gasteiger partial charge in [0.05, 0.1) is 65.9 Å². The van der Waals surface area contributed by atoms with Crippen LogP contribution in [0.25, 0.3) is 0 Å². The summed E-state index contributed by atoms with van der Waals surface area (Å²) in [6, 6.07) is 12.9. The van der Waals surface area contributed by atoms with Gasteiger partial charge in [-0.25, -0.2) is 9.59 Å². The number of hydrogen-bond donors (Lipinski definition) is 2. The van der Waals surface area contributed by atoms with Crippen LogP contribution in [-0.2, 0) is 19.1 Å². The highest BCUT2D eigenvalue weighted by atomic mass is 33.1. The van der Waals surface area contributed by atoms with Crippen LogP contribution in [-0.4, -0.2) is 110 Å². The second-order valence-corrected chi connectivity index (χ2v) is 12.9. The lowest BCUT2D eigenvalue weighted by Crippen LogP contribution is -2.44. The SMILES string of the molecule is COC(=O)C(CSSCC(NC(=O)c1ccccc1Oc1nc(OC)cc(OC)n1)C(=O)OC)NC(=O)c1ccccc1Oc1nc(OC)cc(OC)n1. The molecule has 4 rings (SSSR count). The van der Waals surface area contributed by atoms with E-state index < -0.39 is 35.8 Å². The normalized spacial score (nSPS) is 11.6. The number of ether oxygens (including phenoxy) is 8. The van der Waals surface area contributed by atoms with Crippen molar-refractivity contribution in [3.8, 4) is 47.0 Å². The first kappa shape index (κ1) is 40.7. The summed E-state index contributed by atoms with van der Waals surface area (Å²) in [6.07, 6.45) is 0. The molecule has 2 N–H and O–H groups in total. The van der Waals surface area contributed by atoms with Gasteiger partial charge in [-0.2, -0.15) is 19.9 Å². The van der Waals surface area contributed by atoms with Crippen molar-refractivity contribution in [1.82, 2.24) is 30.6 Å². The minimum absolute atomic E-state index is 0.0187. The molecule has 0 bridgehead atoms. The van der Waals surface area contributed by atoms with E-state index in [4.69, 9.17) is 37.9 Å². The van der Waals surface area contributed by atoms with Crippen LogP contribution in [0.2, 0.25) is 0 Å². The highest BCUT2D eigenvalue weighted by Gasteiger charge is 2.27. The molecule has 0 aliphatic rings. The largest absolute Gasteiger partial charge is 0.481 e. The summed E-state index contributed by atoms with van der Waals surface area (Å²) in [4.78, 5) is 68.8. The molecule has 286 valence electrons. The van der Waals surface area contributed by atoms with E-state index in [1.807, 2.05) is 0 Å². The lowest BCUT2D eigenvalue weighted by atomic mass is 10.1. The van der Waals surface area contributed by atoms with Crippen LogP contribution in [0.1, 0.15) is 20.7 Å². The number of carbonyl (C=O) groups is 4. The quantitative estimate of drug-likeness (QED) is 0.0790. The van der Waals surface area contributed by atoms with Gasteiger partial charge in [0, 0.05) is 11.5 Å². The Labute approximate surface area is 317 Å². The van der Waals surface area contributed by atoms with Crippen molar-refractivity contribution in [1.29, 1.82) is 0 Å². The first-order chi connectivity index (χ1) is 26.1. The Morgan fingerprint density at radius 3 is 1.20 bits per heavy atom. The summed E-state index contributed by atoms with van der Waals surface area (Å²) in [6.45, 7) is 0. The fourth-order valence-corrected chi connectivity index (χ4v) is 6.58. The van der Waals surface area contributed by atoms with Crippen LogP contribution in [0.3, 0.4) is 0 Å². The maximum absolute atomic E-state index is 13.4. The average Bonchev–Trinajstić information content (AvgIpc) is 3.20. The van der Waals surface area contributed by atoms with Crippen molar-refractivity contribution in [3.63, 3.8) is 0 Å². The van der Waals surface area contributed by atoms with E-state index in [9.17, 15) is 19.2 Å². The first-order valence-electron chi connectivity index (χ1n) is 15.6. The Hall–Kier alpha value is -6.02. The maximum Gasteiger partial charge on any atom is 0.329 e. The number of methoxy groups -OCH3 is 6. The van der Waals surface area contributed by atoms with Gasteiger partial charge in [0.25, 0.3) is 11.8 Å². The third-order valence-corrected chi connectivity index (χ3v) is 9.38. The van der Waals surface area contributed by atoms with Crippen molar-refractivity contribution in [3.05, 3.63) is 71.8 Å². The monoisotopic (exact) mass is 784 g/mol. The van der Waals surface area contributed by atoms with Gasteiger partial charge < -0.3 is 48.5 Å². The van der Waals surface area contributed by atoms with Gasteiger partial charge in [-0.3, -0.25) is 9.59 Å². The van der Waals surface area contributed by atoms with Gasteiger partial charge >= 0.3 is 24.0 Å². The number of nitrogens with zero attached hydrogens (tertiary/aromatic N) is 4. The molecule has 4 aromatic rings. The number of hydrogen-bond acceptors (Lipinski definition) is 18. The third-order valence-electron chi connectivity index (χ3n) is 6.95. The molecule has 0 spiro atoms. The fourth-order valence-electron chi connectivity index (χ4n) is 4.29. The summed E-state index contributed by atoms with van der Waals surface area (Å²) in [5.74, 6) is -1.83. The molecule has 54 heavy (non-hydrogen) atoms. The summed E-state index contributed by atoms with van der Waals surface area (Å²) in [5, 5.41) is 5.31. The zero-order chi connectivity index (χ0) is 39.0. The Bertz CT molecular complexity index is 1760. The first-order valence-corrected chi connectivity index (χ1v) is 18.1. The number of amides is 2. The van der Waals surface area contributed by atoms with Crippen LogP contribution in [0.5, 0.6) is 47.0 Å². The minimum Gasteiger partial charge on any atom is -0.481 e. The molecule has 0 aliphatic carbocycles. The average molecular weight is 785 g/mol. The van der Waals surface area contributed by atoms with Crippen molar-refractivity contribution in [2.75, 3.05) is 54.2 Å². The standard InChI is InChI=1S/C34H36N6O12S2/c1-45-25-15-26(46-2)38-33(37-25)51-23-13-9-7-11-19(23)29(41)35-21(31(43)49-5)17-53-54-18-22(32(44)50-6)36-30(42)20-12-8-10-14-24(20)52-34-39-27(47-3)16-28(40-34)48-4/h7-16,21-22H,17-18H2,1-6H3,(H,35,41)(H,36,42). The van der Waals surface area contributed by atoms with E-state index >= 15 is 0 Å². The molecule has 0 aliphatic heterocycles. The number of carbonyl (C=O) groups excluding carboxylic acids is 4. The Kier molecular flexibility index (Phi) is 15.3. The third kappa shape index (κ3) is 11.2. The molecule has 2 unspecified atom stereocenters. The molecule has 2 amide bonds. The van der Waals surface area contributed by atoms with E-state index in [0.717, 1.165) is 21.6 Å². The van der Waals surface area contributed by atoms with Crippen LogP contribution >= 0.6 is 21.6 Å². The number of para-hydroxylation sites is 2. The smallest absolute Gasteiger partial charge is 0.329 e. The Morgan fingerprint density at radius 1 is 0.556 bits per heavy atom. The molecule has 0 saturated carbocycles. The molecule has 0 radical (unpaired) electrons. The molecular weight excluding hydrogens is 749 g/mol. The van der Waals surface area contributed by atoms with Gasteiger partial charge in [0.2, 0.25) is 23.5 Å². The van der Waals surface area contributed by atoms with E-state index in [-0.39, 0.29) is 69.7 Å². The van der Waals surface area contributed by atoms with Crippen molar-refractivity contribution in [2.45, 2.75) is 12.1 Å². The van der Waals surface area contributed by atoms with Crippen LogP contribution in [0.4, 0.5) is 0 Å². The lowest BCUT2D eigenvalue weighted by Gasteiger charge is -2.19. The Morgan fingerprint density at radius 2 is 0.889 bits per heavy atom. The van der Waals surface area contributed by atoms with E-state index in [0.29, 0.717) is 0 Å². The predicted molar refractivity (Wildman–Crippen MR) is 195 cm³/mol. The molecule has 2 heterocycles. The fraction of sp³-hybridized carbons (Fsp3) is 0.294. The summed E-state index contributed by atoms with van der Waals surface area (Å²) in [7, 11) is 10.3. The van der Waals surface area contributed by atoms with Gasteiger partial charge in [-0.05, 0) is 24.3 Å². The summed E-state index contributed by atoms with van der Waals surface area (Å²) in [5.41, 5.74) is 0.147. The molecule has 20 heteroatoms. The molecule has 2 atom stereocenters. The van der Waals surface area contributed by atoms with Gasteiger partial charge in [0.15, 0.2) is 0 Å². The van der Waals surface area contributed by atoms with Crippen LogP contribution in [0, 0.1) is 0 Å². The topological polar surface area (TPSA) is 218 Å². The highest BCUT2D eigenvalue weighted by molar-refractivity contribution is 8.76. The maximum atomic E-state index is 13.4. The Balaban J connectivity index is 1.40. The zero-order valence-corrected chi connectivity index (χ0v) is 31.5. The molecule has 2 aromatic heterocycles. The summed E-state index contributed by atoms with van der Waals surface area (Å²) < 4.78 is 42.0. The van der Waals surface area contributed by atoms with E-state index in [2.05, 4.69) is 30.6 Å². The molecule has 2 aromatic carbocycles. The highest BCUT2D eigenvalue weighted by Crippen LogP contribution is 2.29. The predicted octanol–water partition coefficient (Wildman–Crippen LogP) is 3.51. The lowest BCUT2D eigenvalue weighted by molar-refractivity contribution is -0.143. The zero-order valence-electron chi connectivity index (χ0n) is 29.8. The van der Waals surface area contributed by atoms with Gasteiger partial charge in [-0.15, -0.1) is 0 Å². The molecule has 0 fully saturated rings. The van der Waals surface area contributed by atoms with E-state index in [1.54, 1.807) is 24.3 Å². The number of rotatable bonds is 19. The number of benzene rings is 2. The van der Waals surface area contributed by atoms with Crippen molar-refractivity contribution < 1.29 is 57.1 Å². The second kappa shape index (κ2) is 20.3. The number of esters is 2. The second-order valence-electron chi connectivity index (χ2n) is 10.3. The van der Waals surface area contributed by atoms with Gasteiger partial charge in [0.1, 0.15) is 23.6 Å². The number of aromatic nitrogens is 4.